The molecular formula is C15H26N2O3. The number of rotatable bonds is 4. The second kappa shape index (κ2) is 7.07. The molecule has 1 saturated heterocycles. The lowest BCUT2D eigenvalue weighted by molar-refractivity contribution is -0.149. The minimum Gasteiger partial charge on any atom is -0.481 e. The zero-order valence-corrected chi connectivity index (χ0v) is 12.3. The number of nitrogens with zero attached hydrogens (tertiary/aromatic N) is 1. The van der Waals surface area contributed by atoms with Crippen LogP contribution >= 0.6 is 0 Å². The number of likely N-dealkylation sites (N-methyl/N-ethyl adjacent to an activating group) is 1. The van der Waals surface area contributed by atoms with Gasteiger partial charge in [-0.2, -0.15) is 0 Å². The zero-order valence-electron chi connectivity index (χ0n) is 12.3. The molecule has 1 aliphatic heterocycles. The highest BCUT2D eigenvalue weighted by atomic mass is 16.4. The van der Waals surface area contributed by atoms with Crippen molar-refractivity contribution in [2.45, 2.75) is 51.0 Å². The molecule has 0 radical (unpaired) electrons. The molecule has 1 saturated carbocycles. The van der Waals surface area contributed by atoms with Gasteiger partial charge in [0.1, 0.15) is 0 Å². The topological polar surface area (TPSA) is 69.6 Å². The number of hydrogen-bond acceptors (Lipinski definition) is 3. The van der Waals surface area contributed by atoms with Crippen LogP contribution in [-0.2, 0) is 9.59 Å². The summed E-state index contributed by atoms with van der Waals surface area (Å²) in [5.41, 5.74) is 0. The Balaban J connectivity index is 1.85. The fraction of sp³-hybridized carbons (Fsp3) is 0.867. The van der Waals surface area contributed by atoms with Crippen LogP contribution in [0.4, 0.5) is 0 Å². The van der Waals surface area contributed by atoms with Gasteiger partial charge in [0.2, 0.25) is 5.91 Å². The van der Waals surface area contributed by atoms with Crippen molar-refractivity contribution in [1.82, 2.24) is 10.2 Å². The van der Waals surface area contributed by atoms with Crippen LogP contribution < -0.4 is 5.32 Å². The van der Waals surface area contributed by atoms with Gasteiger partial charge in [0.25, 0.3) is 0 Å². The molecule has 5 nitrogen and oxygen atoms in total. The number of carbonyl (C=O) groups excluding carboxylic acids is 1. The highest BCUT2D eigenvalue weighted by Crippen LogP contribution is 2.30. The highest BCUT2D eigenvalue weighted by molar-refractivity contribution is 5.84. The van der Waals surface area contributed by atoms with Gasteiger partial charge in [-0.15, -0.1) is 0 Å². The largest absolute Gasteiger partial charge is 0.481 e. The van der Waals surface area contributed by atoms with Crippen molar-refractivity contribution in [2.24, 2.45) is 11.8 Å². The standard InChI is InChI=1S/C15H26N2O3/c1-17-9-5-4-6-11(17)10-16-14(18)12-7-2-3-8-13(12)15(19)20/h11-13H,2-10H2,1H3,(H,16,18)(H,19,20)/t11?,12-,13+/m1/s1. The first kappa shape index (κ1) is 15.3. The number of carbonyl (C=O) groups is 2. The fourth-order valence-electron chi connectivity index (χ4n) is 3.49. The first-order valence-electron chi connectivity index (χ1n) is 7.80. The lowest BCUT2D eigenvalue weighted by atomic mass is 9.78. The third-order valence-corrected chi connectivity index (χ3v) is 4.85. The van der Waals surface area contributed by atoms with E-state index < -0.39 is 11.9 Å². The molecule has 2 N–H and O–H groups in total. The number of carboxylic acids is 1. The molecule has 114 valence electrons. The van der Waals surface area contributed by atoms with Crippen LogP contribution in [0.3, 0.4) is 0 Å². The Labute approximate surface area is 120 Å². The maximum atomic E-state index is 12.3. The first-order chi connectivity index (χ1) is 9.59. The van der Waals surface area contributed by atoms with Crippen molar-refractivity contribution < 1.29 is 14.7 Å². The maximum Gasteiger partial charge on any atom is 0.307 e. The molecule has 2 fully saturated rings. The molecule has 5 heteroatoms. The van der Waals surface area contributed by atoms with Gasteiger partial charge in [0.15, 0.2) is 0 Å². The van der Waals surface area contributed by atoms with Gasteiger partial charge >= 0.3 is 5.97 Å². The molecule has 0 bridgehead atoms. The van der Waals surface area contributed by atoms with E-state index in [0.717, 1.165) is 25.8 Å². The Morgan fingerprint density at radius 2 is 1.75 bits per heavy atom. The van der Waals surface area contributed by atoms with Crippen molar-refractivity contribution in [2.75, 3.05) is 20.1 Å². The molecule has 0 spiro atoms. The molecule has 20 heavy (non-hydrogen) atoms. The summed E-state index contributed by atoms with van der Waals surface area (Å²) in [6.45, 7) is 1.74. The van der Waals surface area contributed by atoms with E-state index in [-0.39, 0.29) is 11.8 Å². The number of carboxylic acid groups (broad SMARTS) is 1. The summed E-state index contributed by atoms with van der Waals surface area (Å²) >= 11 is 0. The van der Waals surface area contributed by atoms with E-state index in [4.69, 9.17) is 0 Å². The number of piperidine rings is 1. The van der Waals surface area contributed by atoms with Crippen LogP contribution in [0.5, 0.6) is 0 Å². The summed E-state index contributed by atoms with van der Waals surface area (Å²) in [6.07, 6.45) is 6.79. The predicted molar refractivity (Wildman–Crippen MR) is 76.4 cm³/mol. The van der Waals surface area contributed by atoms with Gasteiger partial charge in [-0.3, -0.25) is 9.59 Å². The highest BCUT2D eigenvalue weighted by Gasteiger charge is 2.35. The smallest absolute Gasteiger partial charge is 0.307 e. The molecule has 1 aliphatic carbocycles. The summed E-state index contributed by atoms with van der Waals surface area (Å²) in [5.74, 6) is -1.71. The Hall–Kier alpha value is -1.10. The quantitative estimate of drug-likeness (QED) is 0.819. The average molecular weight is 282 g/mol. The van der Waals surface area contributed by atoms with E-state index >= 15 is 0 Å². The molecule has 0 aromatic carbocycles. The van der Waals surface area contributed by atoms with Crippen LogP contribution in [0.2, 0.25) is 0 Å². The van der Waals surface area contributed by atoms with Crippen molar-refractivity contribution in [1.29, 1.82) is 0 Å². The van der Waals surface area contributed by atoms with Crippen LogP contribution in [0.1, 0.15) is 44.9 Å². The van der Waals surface area contributed by atoms with Crippen LogP contribution in [0.15, 0.2) is 0 Å². The van der Waals surface area contributed by atoms with E-state index in [0.29, 0.717) is 25.4 Å². The number of nitrogens with one attached hydrogen (secondary N) is 1. The molecule has 2 aliphatic rings. The molecule has 0 aromatic heterocycles. The molecule has 1 amide bonds. The predicted octanol–water partition coefficient (Wildman–Crippen LogP) is 1.48. The van der Waals surface area contributed by atoms with Crippen molar-refractivity contribution in [3.05, 3.63) is 0 Å². The van der Waals surface area contributed by atoms with E-state index in [1.54, 1.807) is 0 Å². The number of aliphatic carboxylic acids is 1. The Bertz CT molecular complexity index is 359. The number of likely N-dealkylation sites (tertiary alicyclic amines) is 1. The zero-order chi connectivity index (χ0) is 14.5. The minimum absolute atomic E-state index is 0.0592. The van der Waals surface area contributed by atoms with Gasteiger partial charge in [0, 0.05) is 12.6 Å². The summed E-state index contributed by atoms with van der Waals surface area (Å²) in [7, 11) is 2.09. The molecule has 3 atom stereocenters. The molecule has 0 aromatic rings. The summed E-state index contributed by atoms with van der Waals surface area (Å²) < 4.78 is 0. The lowest BCUT2D eigenvalue weighted by Crippen LogP contribution is -2.47. The van der Waals surface area contributed by atoms with Crippen LogP contribution in [0.25, 0.3) is 0 Å². The third-order valence-electron chi connectivity index (χ3n) is 4.85. The number of hydrogen-bond donors (Lipinski definition) is 2. The SMILES string of the molecule is CN1CCCCC1CNC(=O)[C@@H]1CCCC[C@@H]1C(=O)O. The van der Waals surface area contributed by atoms with Crippen molar-refractivity contribution >= 4 is 11.9 Å². The summed E-state index contributed by atoms with van der Waals surface area (Å²) in [4.78, 5) is 25.8. The fourth-order valence-corrected chi connectivity index (χ4v) is 3.49. The Morgan fingerprint density at radius 3 is 2.40 bits per heavy atom. The van der Waals surface area contributed by atoms with Crippen LogP contribution in [0, 0.1) is 11.8 Å². The Morgan fingerprint density at radius 1 is 1.10 bits per heavy atom. The second-order valence-electron chi connectivity index (χ2n) is 6.21. The van der Waals surface area contributed by atoms with Crippen molar-refractivity contribution in [3.8, 4) is 0 Å². The van der Waals surface area contributed by atoms with E-state index in [2.05, 4.69) is 17.3 Å². The van der Waals surface area contributed by atoms with Crippen molar-refractivity contribution in [3.63, 3.8) is 0 Å². The van der Waals surface area contributed by atoms with Gasteiger partial charge in [-0.1, -0.05) is 19.3 Å². The Kier molecular flexibility index (Phi) is 5.40. The monoisotopic (exact) mass is 282 g/mol. The van der Waals surface area contributed by atoms with Gasteiger partial charge in [0.05, 0.1) is 11.8 Å². The van der Waals surface area contributed by atoms with E-state index in [1.165, 1.54) is 12.8 Å². The molecule has 1 heterocycles. The summed E-state index contributed by atoms with van der Waals surface area (Å²) in [5, 5.41) is 12.2. The average Bonchev–Trinajstić information content (AvgIpc) is 2.46. The first-order valence-corrected chi connectivity index (χ1v) is 7.80. The van der Waals surface area contributed by atoms with Gasteiger partial charge < -0.3 is 15.3 Å². The lowest BCUT2D eigenvalue weighted by Gasteiger charge is -2.33. The summed E-state index contributed by atoms with van der Waals surface area (Å²) in [6, 6.07) is 0.402. The second-order valence-corrected chi connectivity index (χ2v) is 6.21. The van der Waals surface area contributed by atoms with E-state index in [9.17, 15) is 14.7 Å². The maximum absolute atomic E-state index is 12.3. The van der Waals surface area contributed by atoms with E-state index in [1.807, 2.05) is 0 Å². The third kappa shape index (κ3) is 3.72. The molecular weight excluding hydrogens is 256 g/mol. The van der Waals surface area contributed by atoms with Crippen LogP contribution in [-0.4, -0.2) is 48.1 Å². The van der Waals surface area contributed by atoms with Gasteiger partial charge in [-0.05, 0) is 39.3 Å². The van der Waals surface area contributed by atoms with Gasteiger partial charge in [-0.25, -0.2) is 0 Å². The minimum atomic E-state index is -0.820. The molecule has 2 rings (SSSR count). The number of amides is 1. The molecule has 1 unspecified atom stereocenters. The normalized spacial score (nSPS) is 31.8.